The Labute approximate surface area is 190 Å². The zero-order chi connectivity index (χ0) is 22.3. The summed E-state index contributed by atoms with van der Waals surface area (Å²) in [6, 6.07) is 15.6. The fourth-order valence-electron chi connectivity index (χ4n) is 3.33. The Morgan fingerprint density at radius 2 is 2.00 bits per heavy atom. The van der Waals surface area contributed by atoms with E-state index in [1.807, 2.05) is 47.0 Å². The highest BCUT2D eigenvalue weighted by molar-refractivity contribution is 7.71. The molecule has 0 unspecified atom stereocenters. The van der Waals surface area contributed by atoms with Gasteiger partial charge in [0.15, 0.2) is 10.6 Å². The van der Waals surface area contributed by atoms with E-state index in [4.69, 9.17) is 17.0 Å². The molecule has 32 heavy (non-hydrogen) atoms. The monoisotopic (exact) mass is 449 g/mol. The van der Waals surface area contributed by atoms with Gasteiger partial charge in [-0.3, -0.25) is 14.5 Å². The molecule has 2 aromatic carbocycles. The number of aromatic nitrogens is 6. The molecule has 0 bridgehead atoms. The number of hydrogen-bond acceptors (Lipinski definition) is 6. The van der Waals surface area contributed by atoms with E-state index in [1.54, 1.807) is 18.1 Å². The topological polar surface area (TPSA) is 103 Å². The van der Waals surface area contributed by atoms with Crippen LogP contribution in [-0.2, 0) is 24.4 Å². The number of amides is 1. The van der Waals surface area contributed by atoms with Gasteiger partial charge in [-0.15, -0.1) is 0 Å². The Bertz CT molecular complexity index is 1230. The summed E-state index contributed by atoms with van der Waals surface area (Å²) in [5.41, 5.74) is 3.01. The van der Waals surface area contributed by atoms with Crippen molar-refractivity contribution in [3.05, 3.63) is 77.1 Å². The molecule has 0 atom stereocenters. The van der Waals surface area contributed by atoms with Gasteiger partial charge in [0, 0.05) is 25.1 Å². The number of hydrogen-bond donors (Lipinski definition) is 2. The van der Waals surface area contributed by atoms with Gasteiger partial charge in [-0.1, -0.05) is 24.3 Å². The fraction of sp³-hybridized carbons (Fsp3) is 0.227. The molecule has 2 heterocycles. The van der Waals surface area contributed by atoms with Crippen molar-refractivity contribution in [1.82, 2.24) is 34.8 Å². The molecule has 10 heteroatoms. The van der Waals surface area contributed by atoms with Crippen LogP contribution in [0.1, 0.15) is 17.5 Å². The van der Waals surface area contributed by atoms with Crippen molar-refractivity contribution in [2.45, 2.75) is 26.1 Å². The number of nitrogens with one attached hydrogen (secondary N) is 2. The number of carbonyl (C=O) groups is 1. The summed E-state index contributed by atoms with van der Waals surface area (Å²) < 4.78 is 9.26. The number of methoxy groups -OCH3 is 1. The molecular formula is C22H23N7O2S. The van der Waals surface area contributed by atoms with Gasteiger partial charge in [0.2, 0.25) is 5.91 Å². The maximum atomic E-state index is 12.5. The number of ether oxygens (including phenoxy) is 1. The molecule has 0 radical (unpaired) electrons. The first-order valence-corrected chi connectivity index (χ1v) is 10.5. The van der Waals surface area contributed by atoms with Crippen molar-refractivity contribution in [1.29, 1.82) is 0 Å². The predicted molar refractivity (Wildman–Crippen MR) is 121 cm³/mol. The van der Waals surface area contributed by atoms with E-state index >= 15 is 0 Å². The van der Waals surface area contributed by atoms with Crippen molar-refractivity contribution in [2.24, 2.45) is 0 Å². The van der Waals surface area contributed by atoms with Gasteiger partial charge in [-0.05, 0) is 47.6 Å². The van der Waals surface area contributed by atoms with Crippen LogP contribution in [0.5, 0.6) is 5.75 Å². The Morgan fingerprint density at radius 3 is 2.75 bits per heavy atom. The number of rotatable bonds is 9. The van der Waals surface area contributed by atoms with Crippen LogP contribution in [0.15, 0.2) is 61.2 Å². The van der Waals surface area contributed by atoms with E-state index in [-0.39, 0.29) is 12.3 Å². The zero-order valence-corrected chi connectivity index (χ0v) is 18.4. The zero-order valence-electron chi connectivity index (χ0n) is 17.6. The molecule has 0 aliphatic rings. The molecule has 0 aliphatic heterocycles. The second kappa shape index (κ2) is 10.0. The van der Waals surface area contributed by atoms with Crippen LogP contribution in [0.4, 0.5) is 0 Å². The lowest BCUT2D eigenvalue weighted by molar-refractivity contribution is -0.121. The van der Waals surface area contributed by atoms with Gasteiger partial charge >= 0.3 is 0 Å². The quantitative estimate of drug-likeness (QED) is 0.381. The summed E-state index contributed by atoms with van der Waals surface area (Å²) in [6.07, 6.45) is 3.47. The summed E-state index contributed by atoms with van der Waals surface area (Å²) >= 11 is 5.35. The van der Waals surface area contributed by atoms with Crippen LogP contribution in [0.25, 0.3) is 11.4 Å². The van der Waals surface area contributed by atoms with Crippen LogP contribution in [0.3, 0.4) is 0 Å². The van der Waals surface area contributed by atoms with Crippen LogP contribution in [0.2, 0.25) is 0 Å². The third-order valence-corrected chi connectivity index (χ3v) is 5.27. The number of carbonyl (C=O) groups excluding carboxylic acids is 1. The normalized spacial score (nSPS) is 10.8. The second-order valence-electron chi connectivity index (χ2n) is 7.17. The Hall–Kier alpha value is -3.79. The average Bonchev–Trinajstić information content (AvgIpc) is 3.46. The van der Waals surface area contributed by atoms with Crippen molar-refractivity contribution in [2.75, 3.05) is 7.11 Å². The molecule has 4 rings (SSSR count). The van der Waals surface area contributed by atoms with Crippen molar-refractivity contribution < 1.29 is 9.53 Å². The lowest BCUT2D eigenvalue weighted by atomic mass is 10.1. The van der Waals surface area contributed by atoms with E-state index in [0.717, 1.165) is 22.4 Å². The highest BCUT2D eigenvalue weighted by Crippen LogP contribution is 2.21. The molecule has 4 aromatic rings. The average molecular weight is 450 g/mol. The molecule has 1 amide bonds. The first-order valence-electron chi connectivity index (χ1n) is 10.1. The summed E-state index contributed by atoms with van der Waals surface area (Å²) in [4.78, 5) is 16.4. The minimum atomic E-state index is -0.0598. The largest absolute Gasteiger partial charge is 0.497 e. The Balaban J connectivity index is 1.34. The molecular weight excluding hydrogens is 426 g/mol. The second-order valence-corrected chi connectivity index (χ2v) is 7.56. The molecule has 0 saturated heterocycles. The van der Waals surface area contributed by atoms with Crippen molar-refractivity contribution in [3.8, 4) is 17.1 Å². The van der Waals surface area contributed by atoms with E-state index < -0.39 is 0 Å². The van der Waals surface area contributed by atoms with Gasteiger partial charge in [-0.25, -0.2) is 9.67 Å². The Kier molecular flexibility index (Phi) is 6.71. The van der Waals surface area contributed by atoms with Gasteiger partial charge in [0.1, 0.15) is 18.4 Å². The molecule has 0 saturated carbocycles. The van der Waals surface area contributed by atoms with E-state index in [2.05, 4.69) is 31.7 Å². The first kappa shape index (κ1) is 21.4. The predicted octanol–water partition coefficient (Wildman–Crippen LogP) is 2.96. The maximum Gasteiger partial charge on any atom is 0.222 e. The van der Waals surface area contributed by atoms with E-state index in [1.165, 1.54) is 6.33 Å². The van der Waals surface area contributed by atoms with E-state index in [9.17, 15) is 4.79 Å². The maximum absolute atomic E-state index is 12.5. The highest BCUT2D eigenvalue weighted by Gasteiger charge is 2.11. The summed E-state index contributed by atoms with van der Waals surface area (Å²) in [7, 11) is 1.62. The molecule has 2 aromatic heterocycles. The number of nitrogens with zero attached hydrogens (tertiary/aromatic N) is 5. The van der Waals surface area contributed by atoms with E-state index in [0.29, 0.717) is 30.2 Å². The van der Waals surface area contributed by atoms with Gasteiger partial charge < -0.3 is 10.1 Å². The number of benzene rings is 2. The minimum Gasteiger partial charge on any atom is -0.497 e. The Morgan fingerprint density at radius 1 is 1.19 bits per heavy atom. The number of aromatic amines is 1. The van der Waals surface area contributed by atoms with Crippen LogP contribution in [-0.4, -0.2) is 42.5 Å². The molecule has 2 N–H and O–H groups in total. The third kappa shape index (κ3) is 5.27. The summed E-state index contributed by atoms with van der Waals surface area (Å²) in [5, 5.41) is 14.2. The first-order chi connectivity index (χ1) is 15.6. The van der Waals surface area contributed by atoms with Crippen molar-refractivity contribution >= 4 is 18.1 Å². The smallest absolute Gasteiger partial charge is 0.222 e. The van der Waals surface area contributed by atoms with Gasteiger partial charge in [0.05, 0.1) is 13.7 Å². The highest BCUT2D eigenvalue weighted by atomic mass is 32.1. The molecule has 9 nitrogen and oxygen atoms in total. The van der Waals surface area contributed by atoms with Crippen LogP contribution in [0, 0.1) is 4.77 Å². The van der Waals surface area contributed by atoms with Crippen molar-refractivity contribution in [3.63, 3.8) is 0 Å². The standard InChI is InChI=1S/C22H23N7O2S/c1-31-19-7-5-18(6-8-19)21-26-27-22(32)29(21)10-9-20(30)24-12-16-3-2-4-17(11-16)13-28-15-23-14-25-28/h2-8,11,14-15H,9-10,12-13H2,1H3,(H,24,30)(H,27,32). The van der Waals surface area contributed by atoms with Crippen LogP contribution < -0.4 is 10.1 Å². The summed E-state index contributed by atoms with van der Waals surface area (Å²) in [6.45, 7) is 1.51. The summed E-state index contributed by atoms with van der Waals surface area (Å²) in [5.74, 6) is 1.39. The molecule has 0 fully saturated rings. The lowest BCUT2D eigenvalue weighted by Gasteiger charge is -2.09. The van der Waals surface area contributed by atoms with Crippen LogP contribution >= 0.6 is 12.2 Å². The molecule has 0 aliphatic carbocycles. The minimum absolute atomic E-state index is 0.0598. The lowest BCUT2D eigenvalue weighted by Crippen LogP contribution is -2.24. The third-order valence-electron chi connectivity index (χ3n) is 4.96. The molecule has 164 valence electrons. The van der Waals surface area contributed by atoms with Gasteiger partial charge in [0.25, 0.3) is 0 Å². The van der Waals surface area contributed by atoms with Gasteiger partial charge in [-0.2, -0.15) is 10.2 Å². The number of H-pyrrole nitrogens is 1. The fourth-order valence-corrected chi connectivity index (χ4v) is 3.55. The molecule has 0 spiro atoms. The SMILES string of the molecule is COc1ccc(-c2n[nH]c(=S)n2CCC(=O)NCc2cccc(Cn3cncn3)c2)cc1.